The summed E-state index contributed by atoms with van der Waals surface area (Å²) in [7, 11) is 0. The Balaban J connectivity index is 2.20. The van der Waals surface area contributed by atoms with Gasteiger partial charge in [0.2, 0.25) is 0 Å². The van der Waals surface area contributed by atoms with Crippen molar-refractivity contribution in [1.29, 1.82) is 0 Å². The molecule has 1 unspecified atom stereocenters. The van der Waals surface area contributed by atoms with Crippen molar-refractivity contribution < 1.29 is 4.79 Å². The van der Waals surface area contributed by atoms with Crippen molar-refractivity contribution in [3.05, 3.63) is 11.8 Å². The lowest BCUT2D eigenvalue weighted by molar-refractivity contribution is -0.119. The quantitative estimate of drug-likeness (QED) is 0.536. The Morgan fingerprint density at radius 1 is 1.60 bits per heavy atom. The number of rotatable bonds is 0. The first-order chi connectivity index (χ1) is 4.86. The van der Waals surface area contributed by atoms with E-state index in [1.807, 2.05) is 6.08 Å². The topological polar surface area (TPSA) is 29.1 Å². The summed E-state index contributed by atoms with van der Waals surface area (Å²) in [6.07, 6.45) is 4.62. The van der Waals surface area contributed by atoms with Gasteiger partial charge in [0.1, 0.15) is 5.78 Å². The summed E-state index contributed by atoms with van der Waals surface area (Å²) in [4.78, 5) is 10.9. The molecule has 1 aliphatic carbocycles. The van der Waals surface area contributed by atoms with E-state index in [4.69, 9.17) is 0 Å². The number of Topliss-reactive ketones (excluding diaryl/α,β-unsaturated/α-hetero) is 1. The van der Waals surface area contributed by atoms with Crippen LogP contribution in [-0.2, 0) is 4.79 Å². The number of allylic oxidation sites excluding steroid dienone is 2. The Morgan fingerprint density at radius 3 is 3.40 bits per heavy atom. The van der Waals surface area contributed by atoms with Gasteiger partial charge in [0, 0.05) is 31.0 Å². The van der Waals surface area contributed by atoms with Crippen LogP contribution in [0.3, 0.4) is 0 Å². The van der Waals surface area contributed by atoms with Gasteiger partial charge in [0.05, 0.1) is 0 Å². The smallest absolute Gasteiger partial charge is 0.137 e. The molecule has 0 aromatic heterocycles. The minimum absolute atomic E-state index is 0.400. The molecule has 54 valence electrons. The van der Waals surface area contributed by atoms with Crippen molar-refractivity contribution >= 4 is 5.78 Å². The summed E-state index contributed by atoms with van der Waals surface area (Å²) < 4.78 is 0. The van der Waals surface area contributed by atoms with Crippen LogP contribution in [0.1, 0.15) is 19.3 Å². The molecule has 10 heavy (non-hydrogen) atoms. The highest BCUT2D eigenvalue weighted by molar-refractivity contribution is 5.81. The van der Waals surface area contributed by atoms with E-state index < -0.39 is 0 Å². The Hall–Kier alpha value is -0.790. The van der Waals surface area contributed by atoms with Gasteiger partial charge in [-0.1, -0.05) is 6.08 Å². The predicted molar refractivity (Wildman–Crippen MR) is 38.4 cm³/mol. The van der Waals surface area contributed by atoms with Crippen LogP contribution in [0, 0.1) is 5.92 Å². The monoisotopic (exact) mass is 137 g/mol. The Labute approximate surface area is 60.3 Å². The summed E-state index contributed by atoms with van der Waals surface area (Å²) in [6.45, 7) is 1.06. The largest absolute Gasteiger partial charge is 0.388 e. The SMILES string of the molecule is O=C1CC=C2NCCC2C1. The highest BCUT2D eigenvalue weighted by Crippen LogP contribution is 2.27. The fraction of sp³-hybridized carbons (Fsp3) is 0.625. The zero-order valence-electron chi connectivity index (χ0n) is 5.89. The summed E-state index contributed by atoms with van der Waals surface area (Å²) in [6, 6.07) is 0. The van der Waals surface area contributed by atoms with Crippen LogP contribution in [0.15, 0.2) is 11.8 Å². The van der Waals surface area contributed by atoms with Crippen LogP contribution in [0.4, 0.5) is 0 Å². The van der Waals surface area contributed by atoms with Crippen molar-refractivity contribution in [3.63, 3.8) is 0 Å². The van der Waals surface area contributed by atoms with Gasteiger partial charge in [0.15, 0.2) is 0 Å². The van der Waals surface area contributed by atoms with E-state index in [0.717, 1.165) is 19.4 Å². The molecular weight excluding hydrogens is 126 g/mol. The maximum Gasteiger partial charge on any atom is 0.137 e. The highest BCUT2D eigenvalue weighted by atomic mass is 16.1. The highest BCUT2D eigenvalue weighted by Gasteiger charge is 2.25. The molecule has 1 aliphatic heterocycles. The van der Waals surface area contributed by atoms with Gasteiger partial charge in [-0.15, -0.1) is 0 Å². The second kappa shape index (κ2) is 2.11. The maximum absolute atomic E-state index is 10.9. The van der Waals surface area contributed by atoms with E-state index in [9.17, 15) is 4.79 Å². The van der Waals surface area contributed by atoms with Crippen LogP contribution in [-0.4, -0.2) is 12.3 Å². The Morgan fingerprint density at radius 2 is 2.50 bits per heavy atom. The third kappa shape index (κ3) is 0.838. The van der Waals surface area contributed by atoms with Gasteiger partial charge in [-0.05, 0) is 6.42 Å². The van der Waals surface area contributed by atoms with E-state index in [1.54, 1.807) is 0 Å². The molecule has 1 fully saturated rings. The van der Waals surface area contributed by atoms with Gasteiger partial charge < -0.3 is 5.32 Å². The molecule has 2 aliphatic rings. The van der Waals surface area contributed by atoms with Crippen LogP contribution in [0.5, 0.6) is 0 Å². The van der Waals surface area contributed by atoms with E-state index in [1.165, 1.54) is 5.70 Å². The summed E-state index contributed by atoms with van der Waals surface area (Å²) >= 11 is 0. The number of carbonyl (C=O) groups is 1. The van der Waals surface area contributed by atoms with Crippen molar-refractivity contribution in [1.82, 2.24) is 5.32 Å². The average molecular weight is 137 g/mol. The maximum atomic E-state index is 10.9. The minimum Gasteiger partial charge on any atom is -0.388 e. The standard InChI is InChI=1S/C8H11NO/c10-7-1-2-8-6(5-7)3-4-9-8/h2,6,9H,1,3-5H2. The van der Waals surface area contributed by atoms with Crippen molar-refractivity contribution in [3.8, 4) is 0 Å². The second-order valence-corrected chi connectivity index (χ2v) is 3.02. The molecule has 0 aromatic carbocycles. The molecule has 1 atom stereocenters. The number of hydrogen-bond donors (Lipinski definition) is 1. The lowest BCUT2D eigenvalue weighted by Gasteiger charge is -2.14. The number of nitrogens with one attached hydrogen (secondary N) is 1. The molecule has 1 N–H and O–H groups in total. The fourth-order valence-electron chi connectivity index (χ4n) is 1.72. The molecule has 1 heterocycles. The second-order valence-electron chi connectivity index (χ2n) is 3.02. The zero-order chi connectivity index (χ0) is 6.97. The molecule has 0 radical (unpaired) electrons. The van der Waals surface area contributed by atoms with Crippen molar-refractivity contribution in [2.45, 2.75) is 19.3 Å². The molecule has 0 aromatic rings. The first-order valence-electron chi connectivity index (χ1n) is 3.82. The lowest BCUT2D eigenvalue weighted by atomic mass is 9.92. The summed E-state index contributed by atoms with van der Waals surface area (Å²) in [5.74, 6) is 0.943. The number of ketones is 1. The average Bonchev–Trinajstić information content (AvgIpc) is 2.33. The van der Waals surface area contributed by atoms with Crippen LogP contribution >= 0.6 is 0 Å². The van der Waals surface area contributed by atoms with Gasteiger partial charge in [0.25, 0.3) is 0 Å². The first-order valence-corrected chi connectivity index (χ1v) is 3.82. The summed E-state index contributed by atoms with van der Waals surface area (Å²) in [5.41, 5.74) is 1.32. The molecule has 0 amide bonds. The summed E-state index contributed by atoms with van der Waals surface area (Å²) in [5, 5.41) is 3.29. The molecule has 0 spiro atoms. The Bertz CT molecular complexity index is 195. The van der Waals surface area contributed by atoms with Gasteiger partial charge in [-0.3, -0.25) is 4.79 Å². The minimum atomic E-state index is 0.400. The fourth-order valence-corrected chi connectivity index (χ4v) is 1.72. The van der Waals surface area contributed by atoms with Gasteiger partial charge in [-0.25, -0.2) is 0 Å². The van der Waals surface area contributed by atoms with E-state index in [0.29, 0.717) is 18.1 Å². The lowest BCUT2D eigenvalue weighted by Crippen LogP contribution is -2.15. The molecule has 0 saturated carbocycles. The van der Waals surface area contributed by atoms with Crippen LogP contribution < -0.4 is 5.32 Å². The predicted octanol–water partition coefficient (Wildman–Crippen LogP) is 0.843. The van der Waals surface area contributed by atoms with Crippen LogP contribution in [0.25, 0.3) is 0 Å². The van der Waals surface area contributed by atoms with Gasteiger partial charge in [-0.2, -0.15) is 0 Å². The zero-order valence-corrected chi connectivity index (χ0v) is 5.89. The van der Waals surface area contributed by atoms with Crippen molar-refractivity contribution in [2.75, 3.05) is 6.54 Å². The molecule has 2 nitrogen and oxygen atoms in total. The number of fused-ring (bicyclic) bond motifs is 1. The first kappa shape index (κ1) is 5.96. The van der Waals surface area contributed by atoms with E-state index >= 15 is 0 Å². The molecule has 0 bridgehead atoms. The molecule has 2 rings (SSSR count). The Kier molecular flexibility index (Phi) is 1.26. The number of hydrogen-bond acceptors (Lipinski definition) is 2. The third-order valence-corrected chi connectivity index (χ3v) is 2.29. The normalized spacial score (nSPS) is 31.0. The van der Waals surface area contributed by atoms with Crippen molar-refractivity contribution in [2.24, 2.45) is 5.92 Å². The molecular formula is C8H11NO. The van der Waals surface area contributed by atoms with Crippen LogP contribution in [0.2, 0.25) is 0 Å². The molecule has 2 heteroatoms. The molecule has 1 saturated heterocycles. The third-order valence-electron chi connectivity index (χ3n) is 2.29. The van der Waals surface area contributed by atoms with Gasteiger partial charge >= 0.3 is 0 Å². The van der Waals surface area contributed by atoms with E-state index in [-0.39, 0.29) is 0 Å². The van der Waals surface area contributed by atoms with E-state index in [2.05, 4.69) is 5.32 Å². The number of carbonyl (C=O) groups excluding carboxylic acids is 1.